The molecule has 0 saturated heterocycles. The van der Waals surface area contributed by atoms with E-state index in [1.54, 1.807) is 0 Å². The topological polar surface area (TPSA) is 67.8 Å². The molecule has 0 radical (unpaired) electrons. The normalized spacial score (nSPS) is 12.8. The fourth-order valence-corrected chi connectivity index (χ4v) is 0.831. The molecule has 4 heteroatoms. The highest BCUT2D eigenvalue weighted by atomic mass is 16.1. The van der Waals surface area contributed by atoms with Crippen molar-refractivity contribution in [2.75, 3.05) is 0 Å². The van der Waals surface area contributed by atoms with Gasteiger partial charge in [-0.15, -0.1) is 0 Å². The Morgan fingerprint density at radius 1 is 1.54 bits per heavy atom. The van der Waals surface area contributed by atoms with Crippen LogP contribution >= 0.6 is 0 Å². The van der Waals surface area contributed by atoms with Gasteiger partial charge in [0.2, 0.25) is 0 Å². The van der Waals surface area contributed by atoms with Crippen molar-refractivity contribution in [1.82, 2.24) is 0 Å². The zero-order valence-electron chi connectivity index (χ0n) is 8.45. The average Bonchev–Trinajstić information content (AvgIpc) is 2.03. The highest BCUT2D eigenvalue weighted by Gasteiger charge is 2.08. The van der Waals surface area contributed by atoms with Gasteiger partial charge in [0.25, 0.3) is 0 Å². The van der Waals surface area contributed by atoms with Crippen LogP contribution in [0.25, 0.3) is 0 Å². The lowest BCUT2D eigenvalue weighted by atomic mass is 10.2. The number of carbonyl (C=O) groups is 1. The number of hydrogen-bond donors (Lipinski definition) is 1. The third-order valence-electron chi connectivity index (χ3n) is 1.30. The van der Waals surface area contributed by atoms with Gasteiger partial charge in [-0.05, 0) is 20.3 Å². The molecular weight excluding hydrogens is 166 g/mol. The highest BCUT2D eigenvalue weighted by Crippen LogP contribution is 1.97. The van der Waals surface area contributed by atoms with Crippen LogP contribution in [0.15, 0.2) is 9.98 Å². The summed E-state index contributed by atoms with van der Waals surface area (Å²) in [5.41, 5.74) is 5.11. The minimum atomic E-state index is -0.0436. The lowest BCUT2D eigenvalue weighted by molar-refractivity contribution is -0.113. The molecule has 0 amide bonds. The van der Waals surface area contributed by atoms with Crippen molar-refractivity contribution in [3.8, 4) is 0 Å². The van der Waals surface area contributed by atoms with Crippen molar-refractivity contribution in [2.45, 2.75) is 39.7 Å². The van der Waals surface area contributed by atoms with Crippen molar-refractivity contribution in [3.05, 3.63) is 0 Å². The van der Waals surface area contributed by atoms with Crippen molar-refractivity contribution >= 4 is 18.0 Å². The van der Waals surface area contributed by atoms with Gasteiger partial charge in [-0.2, -0.15) is 0 Å². The van der Waals surface area contributed by atoms with Crippen molar-refractivity contribution in [2.24, 2.45) is 15.7 Å². The molecule has 2 N–H and O–H groups in total. The van der Waals surface area contributed by atoms with E-state index in [1.807, 2.05) is 20.8 Å². The first-order chi connectivity index (χ1) is 6.11. The number of carbonyl (C=O) groups excluding carboxylic acids is 1. The Balaban J connectivity index is 4.50. The molecule has 0 heterocycles. The quantitative estimate of drug-likeness (QED) is 0.524. The lowest BCUT2D eigenvalue weighted by Crippen LogP contribution is -2.14. The van der Waals surface area contributed by atoms with Crippen LogP contribution in [0.5, 0.6) is 0 Å². The van der Waals surface area contributed by atoms with Crippen LogP contribution in [-0.2, 0) is 4.79 Å². The van der Waals surface area contributed by atoms with Gasteiger partial charge in [0, 0.05) is 12.5 Å². The Morgan fingerprint density at radius 3 is 2.54 bits per heavy atom. The number of hydrogen-bond acceptors (Lipinski definition) is 2. The predicted octanol–water partition coefficient (Wildman–Crippen LogP) is 1.15. The van der Waals surface area contributed by atoms with E-state index in [0.717, 1.165) is 12.8 Å². The molecule has 0 rings (SSSR count). The maximum Gasteiger partial charge on any atom is 0.199 e. The molecule has 13 heavy (non-hydrogen) atoms. The predicted molar refractivity (Wildman–Crippen MR) is 55.2 cm³/mol. The maximum absolute atomic E-state index is 11.4. The Hall–Kier alpha value is -1.19. The summed E-state index contributed by atoms with van der Waals surface area (Å²) in [5, 5.41) is 0. The van der Waals surface area contributed by atoms with Crippen molar-refractivity contribution in [1.29, 1.82) is 0 Å². The molecule has 0 bridgehead atoms. The smallest absolute Gasteiger partial charge is 0.199 e. The van der Waals surface area contributed by atoms with Crippen LogP contribution in [0.4, 0.5) is 0 Å². The van der Waals surface area contributed by atoms with E-state index in [-0.39, 0.29) is 17.7 Å². The molecule has 0 fully saturated rings. The monoisotopic (exact) mass is 183 g/mol. The van der Waals surface area contributed by atoms with Gasteiger partial charge >= 0.3 is 0 Å². The second-order valence-electron chi connectivity index (χ2n) is 3.00. The molecule has 4 nitrogen and oxygen atoms in total. The molecule has 0 saturated carbocycles. The van der Waals surface area contributed by atoms with E-state index >= 15 is 0 Å². The number of aliphatic imine (C=N–C) groups is 2. The van der Waals surface area contributed by atoms with Crippen LogP contribution in [0.1, 0.15) is 33.6 Å². The minimum absolute atomic E-state index is 0.0436. The Morgan fingerprint density at radius 2 is 2.15 bits per heavy atom. The number of amidine groups is 1. The second-order valence-corrected chi connectivity index (χ2v) is 3.00. The molecular formula is C9H17N3O. The first-order valence-electron chi connectivity index (χ1n) is 4.47. The Kier molecular flexibility index (Phi) is 5.76. The van der Waals surface area contributed by atoms with Crippen LogP contribution in [0.3, 0.4) is 0 Å². The van der Waals surface area contributed by atoms with Gasteiger partial charge in [0.1, 0.15) is 0 Å². The first-order valence-corrected chi connectivity index (χ1v) is 4.47. The largest absolute Gasteiger partial charge is 0.390 e. The van der Waals surface area contributed by atoms with E-state index in [4.69, 9.17) is 5.73 Å². The number of nitrogens with zero attached hydrogens (tertiary/aromatic N) is 2. The van der Waals surface area contributed by atoms with Crippen LogP contribution in [-0.4, -0.2) is 24.0 Å². The summed E-state index contributed by atoms with van der Waals surface area (Å²) in [6.07, 6.45) is 2.38. The summed E-state index contributed by atoms with van der Waals surface area (Å²) in [4.78, 5) is 19.2. The summed E-state index contributed by atoms with van der Waals surface area (Å²) < 4.78 is 0. The number of rotatable bonds is 4. The Labute approximate surface area is 79.0 Å². The van der Waals surface area contributed by atoms with Crippen molar-refractivity contribution in [3.63, 3.8) is 0 Å². The second kappa shape index (κ2) is 6.34. The van der Waals surface area contributed by atoms with Gasteiger partial charge in [-0.1, -0.05) is 6.92 Å². The summed E-state index contributed by atoms with van der Waals surface area (Å²) in [5.74, 6) is 0.192. The molecule has 0 aliphatic rings. The summed E-state index contributed by atoms with van der Waals surface area (Å²) in [7, 11) is 0. The molecule has 0 unspecified atom stereocenters. The fourth-order valence-electron chi connectivity index (χ4n) is 0.831. The Bertz CT molecular complexity index is 219. The van der Waals surface area contributed by atoms with Gasteiger partial charge in [-0.25, -0.2) is 4.99 Å². The number of ketones is 1. The first kappa shape index (κ1) is 11.8. The summed E-state index contributed by atoms with van der Waals surface area (Å²) in [6.45, 7) is 5.73. The standard InChI is InChI=1S/C9H17N3O/c1-4-5-8(13)9(11-6-10)12-7(2)3/h6-7H,4-5H2,1-3H3,(H2,10,11,12). The number of nitrogens with two attached hydrogens (primary N) is 1. The molecule has 0 atom stereocenters. The summed E-state index contributed by atoms with van der Waals surface area (Å²) in [6, 6.07) is 0.0690. The van der Waals surface area contributed by atoms with E-state index in [9.17, 15) is 4.79 Å². The number of Topliss-reactive ketones (excluding diaryl/α,β-unsaturated/α-hetero) is 1. The van der Waals surface area contributed by atoms with Gasteiger partial charge < -0.3 is 5.73 Å². The zero-order valence-corrected chi connectivity index (χ0v) is 8.45. The van der Waals surface area contributed by atoms with Crippen LogP contribution in [0.2, 0.25) is 0 Å². The van der Waals surface area contributed by atoms with E-state index < -0.39 is 0 Å². The van der Waals surface area contributed by atoms with Gasteiger partial charge in [0.15, 0.2) is 11.6 Å². The third-order valence-corrected chi connectivity index (χ3v) is 1.30. The van der Waals surface area contributed by atoms with Crippen molar-refractivity contribution < 1.29 is 4.79 Å². The van der Waals surface area contributed by atoms with E-state index in [0.29, 0.717) is 6.42 Å². The molecule has 0 aromatic heterocycles. The average molecular weight is 183 g/mol. The molecule has 0 aromatic rings. The zero-order chi connectivity index (χ0) is 10.3. The van der Waals surface area contributed by atoms with E-state index in [2.05, 4.69) is 9.98 Å². The molecule has 0 aliphatic heterocycles. The third kappa shape index (κ3) is 5.11. The van der Waals surface area contributed by atoms with Gasteiger partial charge in [0.05, 0.1) is 6.34 Å². The molecule has 0 spiro atoms. The molecule has 74 valence electrons. The van der Waals surface area contributed by atoms with Crippen LogP contribution in [0, 0.1) is 0 Å². The van der Waals surface area contributed by atoms with E-state index in [1.165, 1.54) is 0 Å². The highest BCUT2D eigenvalue weighted by molar-refractivity contribution is 6.40. The molecule has 0 aliphatic carbocycles. The maximum atomic E-state index is 11.4. The van der Waals surface area contributed by atoms with Crippen LogP contribution < -0.4 is 5.73 Å². The summed E-state index contributed by atoms with van der Waals surface area (Å²) >= 11 is 0. The minimum Gasteiger partial charge on any atom is -0.390 e. The fraction of sp³-hybridized carbons (Fsp3) is 0.667. The molecule has 0 aromatic carbocycles. The SMILES string of the molecule is CCCC(=O)C(N=CN)=NC(C)C. The van der Waals surface area contributed by atoms with Gasteiger partial charge in [-0.3, -0.25) is 9.79 Å². The lowest BCUT2D eigenvalue weighted by Gasteiger charge is -2.00.